The zero-order chi connectivity index (χ0) is 19.2. The lowest BCUT2D eigenvalue weighted by molar-refractivity contribution is -0.117. The predicted molar refractivity (Wildman–Crippen MR) is 99.1 cm³/mol. The standard InChI is InChI=1S/C17H10Cl4FNO3/c18-8-3-1-2-7(4-8)12-13(17(12,20)21)15(24)23-9-5-10(16(25)26)14(19)11(22)6-9/h1-6,12-13H,(H,23,24)(H,25,26). The van der Waals surface area contributed by atoms with Crippen molar-refractivity contribution in [3.8, 4) is 0 Å². The van der Waals surface area contributed by atoms with Gasteiger partial charge >= 0.3 is 5.97 Å². The third kappa shape index (κ3) is 3.49. The zero-order valence-electron chi connectivity index (χ0n) is 12.8. The summed E-state index contributed by atoms with van der Waals surface area (Å²) in [5.41, 5.74) is 0.165. The number of carbonyl (C=O) groups is 2. The Morgan fingerprint density at radius 3 is 2.46 bits per heavy atom. The minimum Gasteiger partial charge on any atom is -0.478 e. The van der Waals surface area contributed by atoms with Crippen molar-refractivity contribution in [1.82, 2.24) is 0 Å². The fraction of sp³-hybridized carbons (Fsp3) is 0.176. The molecule has 3 rings (SSSR count). The molecule has 2 N–H and O–H groups in total. The average Bonchev–Trinajstić information content (AvgIpc) is 3.13. The van der Waals surface area contributed by atoms with Crippen LogP contribution >= 0.6 is 46.4 Å². The van der Waals surface area contributed by atoms with Gasteiger partial charge in [0.25, 0.3) is 0 Å². The smallest absolute Gasteiger partial charge is 0.337 e. The van der Waals surface area contributed by atoms with Crippen molar-refractivity contribution in [3.63, 3.8) is 0 Å². The molecule has 136 valence electrons. The number of carboxylic acids is 1. The minimum absolute atomic E-state index is 0.0600. The molecule has 2 aromatic carbocycles. The number of benzene rings is 2. The number of alkyl halides is 2. The van der Waals surface area contributed by atoms with Crippen LogP contribution in [-0.4, -0.2) is 21.3 Å². The van der Waals surface area contributed by atoms with Crippen molar-refractivity contribution < 1.29 is 19.1 Å². The summed E-state index contributed by atoms with van der Waals surface area (Å²) in [6.45, 7) is 0. The van der Waals surface area contributed by atoms with Crippen LogP contribution in [0.1, 0.15) is 21.8 Å². The van der Waals surface area contributed by atoms with Crippen LogP contribution < -0.4 is 5.32 Å². The van der Waals surface area contributed by atoms with Crippen LogP contribution in [0, 0.1) is 11.7 Å². The fourth-order valence-electron chi connectivity index (χ4n) is 2.80. The number of halogens is 5. The predicted octanol–water partition coefficient (Wildman–Crippen LogP) is 5.36. The highest BCUT2D eigenvalue weighted by Crippen LogP contribution is 2.65. The van der Waals surface area contributed by atoms with E-state index < -0.39 is 44.4 Å². The summed E-state index contributed by atoms with van der Waals surface area (Å²) in [5, 5.41) is 11.4. The third-order valence-corrected chi connectivity index (χ3v) is 5.63. The molecular weight excluding hydrogens is 427 g/mol. The van der Waals surface area contributed by atoms with E-state index in [1.165, 1.54) is 0 Å². The van der Waals surface area contributed by atoms with Gasteiger partial charge in [0.05, 0.1) is 16.5 Å². The Balaban J connectivity index is 1.84. The quantitative estimate of drug-likeness (QED) is 0.634. The van der Waals surface area contributed by atoms with Crippen LogP contribution in [0.2, 0.25) is 10.0 Å². The van der Waals surface area contributed by atoms with E-state index in [4.69, 9.17) is 51.5 Å². The number of aromatic carboxylic acids is 1. The molecular formula is C17H10Cl4FNO3. The van der Waals surface area contributed by atoms with Gasteiger partial charge in [-0.15, -0.1) is 23.2 Å². The summed E-state index contributed by atoms with van der Waals surface area (Å²) in [6, 6.07) is 8.77. The van der Waals surface area contributed by atoms with E-state index in [-0.39, 0.29) is 5.69 Å². The first-order valence-corrected chi connectivity index (χ1v) is 8.80. The van der Waals surface area contributed by atoms with Crippen molar-refractivity contribution in [1.29, 1.82) is 0 Å². The number of rotatable bonds is 4. The number of hydrogen-bond donors (Lipinski definition) is 2. The molecule has 4 nitrogen and oxygen atoms in total. The molecule has 0 heterocycles. The third-order valence-electron chi connectivity index (χ3n) is 4.07. The van der Waals surface area contributed by atoms with Crippen LogP contribution in [0.5, 0.6) is 0 Å². The molecule has 1 fully saturated rings. The molecule has 2 aromatic rings. The first-order valence-electron chi connectivity index (χ1n) is 7.29. The van der Waals surface area contributed by atoms with Crippen molar-refractivity contribution in [3.05, 3.63) is 63.4 Å². The molecule has 0 radical (unpaired) electrons. The summed E-state index contributed by atoms with van der Waals surface area (Å²) in [6.07, 6.45) is 0. The second-order valence-electron chi connectivity index (χ2n) is 5.80. The highest BCUT2D eigenvalue weighted by atomic mass is 35.5. The summed E-state index contributed by atoms with van der Waals surface area (Å²) in [5.74, 6) is -4.26. The van der Waals surface area contributed by atoms with Gasteiger partial charge in [0, 0.05) is 16.6 Å². The molecule has 0 bridgehead atoms. The van der Waals surface area contributed by atoms with Gasteiger partial charge < -0.3 is 10.4 Å². The lowest BCUT2D eigenvalue weighted by Crippen LogP contribution is -2.17. The maximum absolute atomic E-state index is 13.8. The number of carbonyl (C=O) groups excluding carboxylic acids is 1. The minimum atomic E-state index is -1.42. The Kier molecular flexibility index (Phi) is 5.10. The zero-order valence-corrected chi connectivity index (χ0v) is 15.8. The van der Waals surface area contributed by atoms with Crippen molar-refractivity contribution in [2.24, 2.45) is 5.92 Å². The van der Waals surface area contributed by atoms with Gasteiger partial charge in [0.15, 0.2) is 0 Å². The van der Waals surface area contributed by atoms with E-state index in [9.17, 15) is 14.0 Å². The maximum atomic E-state index is 13.8. The van der Waals surface area contributed by atoms with E-state index >= 15 is 0 Å². The van der Waals surface area contributed by atoms with Crippen LogP contribution in [0.15, 0.2) is 36.4 Å². The second-order valence-corrected chi connectivity index (χ2v) is 8.06. The van der Waals surface area contributed by atoms with Gasteiger partial charge in [0.1, 0.15) is 10.2 Å². The Morgan fingerprint density at radius 2 is 1.85 bits per heavy atom. The molecule has 0 spiro atoms. The summed E-state index contributed by atoms with van der Waals surface area (Å²) < 4.78 is 12.4. The van der Waals surface area contributed by atoms with E-state index in [0.29, 0.717) is 10.6 Å². The summed E-state index contributed by atoms with van der Waals surface area (Å²) >= 11 is 24.0. The Bertz CT molecular complexity index is 919. The van der Waals surface area contributed by atoms with Gasteiger partial charge in [-0.3, -0.25) is 4.79 Å². The first-order chi connectivity index (χ1) is 12.1. The van der Waals surface area contributed by atoms with E-state index in [2.05, 4.69) is 5.32 Å². The summed E-state index contributed by atoms with van der Waals surface area (Å²) in [7, 11) is 0. The average molecular weight is 437 g/mol. The van der Waals surface area contributed by atoms with Crippen molar-refractivity contribution in [2.75, 3.05) is 5.32 Å². The maximum Gasteiger partial charge on any atom is 0.337 e. The lowest BCUT2D eigenvalue weighted by atomic mass is 10.1. The van der Waals surface area contributed by atoms with Gasteiger partial charge in [-0.05, 0) is 29.8 Å². The number of carboxylic acid groups (broad SMARTS) is 1. The van der Waals surface area contributed by atoms with E-state index in [1.807, 2.05) is 0 Å². The SMILES string of the molecule is O=C(O)c1cc(NC(=O)C2C(c3cccc(Cl)c3)C2(Cl)Cl)cc(F)c1Cl. The Hall–Kier alpha value is -1.53. The first kappa shape index (κ1) is 19.2. The normalized spacial score (nSPS) is 20.5. The van der Waals surface area contributed by atoms with Crippen molar-refractivity contribution in [2.45, 2.75) is 10.3 Å². The van der Waals surface area contributed by atoms with Gasteiger partial charge in [0.2, 0.25) is 5.91 Å². The van der Waals surface area contributed by atoms with E-state index in [1.54, 1.807) is 24.3 Å². The fourth-order valence-corrected chi connectivity index (χ4v) is 4.02. The topological polar surface area (TPSA) is 66.4 Å². The highest BCUT2D eigenvalue weighted by molar-refractivity contribution is 6.53. The Morgan fingerprint density at radius 1 is 1.15 bits per heavy atom. The highest BCUT2D eigenvalue weighted by Gasteiger charge is 2.67. The monoisotopic (exact) mass is 435 g/mol. The molecule has 0 saturated heterocycles. The van der Waals surface area contributed by atoms with Crippen LogP contribution in [0.4, 0.5) is 10.1 Å². The largest absolute Gasteiger partial charge is 0.478 e. The van der Waals surface area contributed by atoms with Crippen LogP contribution in [0.3, 0.4) is 0 Å². The van der Waals surface area contributed by atoms with Gasteiger partial charge in [-0.1, -0.05) is 35.3 Å². The van der Waals surface area contributed by atoms with Gasteiger partial charge in [-0.25, -0.2) is 9.18 Å². The molecule has 1 aliphatic carbocycles. The van der Waals surface area contributed by atoms with E-state index in [0.717, 1.165) is 12.1 Å². The molecule has 2 unspecified atom stereocenters. The molecule has 0 aliphatic heterocycles. The summed E-state index contributed by atoms with van der Waals surface area (Å²) in [4.78, 5) is 23.6. The van der Waals surface area contributed by atoms with Crippen LogP contribution in [0.25, 0.3) is 0 Å². The number of anilines is 1. The molecule has 1 saturated carbocycles. The number of nitrogens with one attached hydrogen (secondary N) is 1. The van der Waals surface area contributed by atoms with Gasteiger partial charge in [-0.2, -0.15) is 0 Å². The Labute approximate surface area is 167 Å². The number of hydrogen-bond acceptors (Lipinski definition) is 2. The molecule has 1 aliphatic rings. The lowest BCUT2D eigenvalue weighted by Gasteiger charge is -2.08. The molecule has 2 atom stereocenters. The van der Waals surface area contributed by atoms with Crippen molar-refractivity contribution >= 4 is 64.0 Å². The van der Waals surface area contributed by atoms with Crippen LogP contribution in [-0.2, 0) is 4.79 Å². The molecule has 0 aromatic heterocycles. The second kappa shape index (κ2) is 6.89. The number of amides is 1. The molecule has 26 heavy (non-hydrogen) atoms. The molecule has 9 heteroatoms. The molecule has 1 amide bonds.